The van der Waals surface area contributed by atoms with Crippen LogP contribution in [0.25, 0.3) is 0 Å². The molecule has 5 nitrogen and oxygen atoms in total. The van der Waals surface area contributed by atoms with Gasteiger partial charge in [-0.25, -0.2) is 0 Å². The van der Waals surface area contributed by atoms with Crippen LogP contribution in [0.2, 0.25) is 0 Å². The Morgan fingerprint density at radius 2 is 2.10 bits per heavy atom. The van der Waals surface area contributed by atoms with Crippen molar-refractivity contribution in [3.8, 4) is 5.75 Å². The maximum atomic E-state index is 11.0. The SMILES string of the molecule is CC(C)Oc1cc(NC2CCCC2C)cc([N+](=O)[O-])c1. The Bertz CT molecular complexity index is 488. The molecule has 0 spiro atoms. The second-order valence-electron chi connectivity index (χ2n) is 5.80. The number of ether oxygens (including phenoxy) is 1. The van der Waals surface area contributed by atoms with Gasteiger partial charge in [0.15, 0.2) is 0 Å². The molecule has 0 saturated heterocycles. The quantitative estimate of drug-likeness (QED) is 0.653. The summed E-state index contributed by atoms with van der Waals surface area (Å²) < 4.78 is 5.59. The van der Waals surface area contributed by atoms with Gasteiger partial charge in [-0.2, -0.15) is 0 Å². The third-order valence-corrected chi connectivity index (χ3v) is 3.69. The van der Waals surface area contributed by atoms with Crippen LogP contribution in [-0.4, -0.2) is 17.1 Å². The number of nitro benzene ring substituents is 1. The maximum Gasteiger partial charge on any atom is 0.275 e. The first-order valence-corrected chi connectivity index (χ1v) is 7.18. The minimum atomic E-state index is -0.379. The zero-order valence-corrected chi connectivity index (χ0v) is 12.3. The number of anilines is 1. The Kier molecular flexibility index (Phi) is 4.47. The molecule has 110 valence electrons. The minimum Gasteiger partial charge on any atom is -0.491 e. The molecule has 1 saturated carbocycles. The number of benzene rings is 1. The fraction of sp³-hybridized carbons (Fsp3) is 0.600. The highest BCUT2D eigenvalue weighted by molar-refractivity contribution is 5.57. The lowest BCUT2D eigenvalue weighted by molar-refractivity contribution is -0.384. The average Bonchev–Trinajstić information content (AvgIpc) is 2.73. The fourth-order valence-corrected chi connectivity index (χ4v) is 2.69. The normalized spacial score (nSPS) is 22.0. The lowest BCUT2D eigenvalue weighted by Crippen LogP contribution is -2.21. The minimum absolute atomic E-state index is 0.00439. The maximum absolute atomic E-state index is 11.0. The number of rotatable bonds is 5. The van der Waals surface area contributed by atoms with Crippen molar-refractivity contribution in [2.75, 3.05) is 5.32 Å². The topological polar surface area (TPSA) is 64.4 Å². The van der Waals surface area contributed by atoms with Gasteiger partial charge in [0.25, 0.3) is 5.69 Å². The molecule has 0 bridgehead atoms. The van der Waals surface area contributed by atoms with Crippen LogP contribution >= 0.6 is 0 Å². The molecule has 1 fully saturated rings. The molecule has 0 aliphatic heterocycles. The van der Waals surface area contributed by atoms with Gasteiger partial charge in [0.1, 0.15) is 5.75 Å². The Balaban J connectivity index is 2.21. The Hall–Kier alpha value is -1.78. The summed E-state index contributed by atoms with van der Waals surface area (Å²) in [6.07, 6.45) is 3.53. The van der Waals surface area contributed by atoms with Crippen LogP contribution < -0.4 is 10.1 Å². The van der Waals surface area contributed by atoms with Crippen molar-refractivity contribution in [3.05, 3.63) is 28.3 Å². The number of hydrogen-bond donors (Lipinski definition) is 1. The van der Waals surface area contributed by atoms with Crippen LogP contribution in [-0.2, 0) is 0 Å². The molecule has 2 atom stereocenters. The summed E-state index contributed by atoms with van der Waals surface area (Å²) in [5.41, 5.74) is 0.838. The smallest absolute Gasteiger partial charge is 0.275 e. The van der Waals surface area contributed by atoms with Gasteiger partial charge in [-0.3, -0.25) is 10.1 Å². The number of non-ortho nitro benzene ring substituents is 1. The van der Waals surface area contributed by atoms with Crippen molar-refractivity contribution >= 4 is 11.4 Å². The first-order valence-electron chi connectivity index (χ1n) is 7.18. The fourth-order valence-electron chi connectivity index (χ4n) is 2.69. The van der Waals surface area contributed by atoms with E-state index < -0.39 is 0 Å². The summed E-state index contributed by atoms with van der Waals surface area (Å²) in [7, 11) is 0. The van der Waals surface area contributed by atoms with Crippen LogP contribution in [0.1, 0.15) is 40.0 Å². The molecule has 2 rings (SSSR count). The summed E-state index contributed by atoms with van der Waals surface area (Å²) in [6.45, 7) is 6.03. The molecule has 2 unspecified atom stereocenters. The van der Waals surface area contributed by atoms with E-state index >= 15 is 0 Å². The van der Waals surface area contributed by atoms with Gasteiger partial charge in [0.05, 0.1) is 17.1 Å². The first-order chi connectivity index (χ1) is 9.45. The summed E-state index contributed by atoms with van der Waals surface area (Å²) in [4.78, 5) is 10.6. The third-order valence-electron chi connectivity index (χ3n) is 3.69. The van der Waals surface area contributed by atoms with E-state index in [1.165, 1.54) is 18.9 Å². The van der Waals surface area contributed by atoms with Crippen molar-refractivity contribution in [2.45, 2.75) is 52.2 Å². The highest BCUT2D eigenvalue weighted by Gasteiger charge is 2.23. The molecule has 5 heteroatoms. The zero-order chi connectivity index (χ0) is 14.7. The average molecular weight is 278 g/mol. The lowest BCUT2D eigenvalue weighted by Gasteiger charge is -2.19. The molecule has 1 N–H and O–H groups in total. The van der Waals surface area contributed by atoms with Crippen LogP contribution in [0, 0.1) is 16.0 Å². The van der Waals surface area contributed by atoms with Crippen LogP contribution in [0.4, 0.5) is 11.4 Å². The number of nitrogens with zero attached hydrogens (tertiary/aromatic N) is 1. The van der Waals surface area contributed by atoms with Crippen LogP contribution in [0.15, 0.2) is 18.2 Å². The van der Waals surface area contributed by atoms with E-state index in [1.54, 1.807) is 6.07 Å². The first kappa shape index (κ1) is 14.6. The summed E-state index contributed by atoms with van der Waals surface area (Å²) in [5, 5.41) is 14.4. The molecule has 0 radical (unpaired) electrons. The van der Waals surface area contributed by atoms with Crippen molar-refractivity contribution in [3.63, 3.8) is 0 Å². The van der Waals surface area contributed by atoms with Crippen LogP contribution in [0.3, 0.4) is 0 Å². The van der Waals surface area contributed by atoms with Gasteiger partial charge in [0, 0.05) is 23.9 Å². The largest absolute Gasteiger partial charge is 0.491 e. The Morgan fingerprint density at radius 3 is 2.65 bits per heavy atom. The highest BCUT2D eigenvalue weighted by Crippen LogP contribution is 2.31. The van der Waals surface area contributed by atoms with Crippen LogP contribution in [0.5, 0.6) is 5.75 Å². The Morgan fingerprint density at radius 1 is 1.35 bits per heavy atom. The van der Waals surface area contributed by atoms with Crippen molar-refractivity contribution in [1.82, 2.24) is 0 Å². The molecule has 1 aliphatic rings. The van der Waals surface area contributed by atoms with Crippen molar-refractivity contribution in [1.29, 1.82) is 0 Å². The van der Waals surface area contributed by atoms with E-state index in [4.69, 9.17) is 4.74 Å². The molecule has 0 aromatic heterocycles. The summed E-state index contributed by atoms with van der Waals surface area (Å²) >= 11 is 0. The molecular weight excluding hydrogens is 256 g/mol. The van der Waals surface area contributed by atoms with Gasteiger partial charge in [-0.05, 0) is 32.6 Å². The van der Waals surface area contributed by atoms with Crippen molar-refractivity contribution in [2.24, 2.45) is 5.92 Å². The van der Waals surface area contributed by atoms with Gasteiger partial charge >= 0.3 is 0 Å². The van der Waals surface area contributed by atoms with Gasteiger partial charge in [0.2, 0.25) is 0 Å². The van der Waals surface area contributed by atoms with Gasteiger partial charge in [-0.15, -0.1) is 0 Å². The molecule has 20 heavy (non-hydrogen) atoms. The van der Waals surface area contributed by atoms with E-state index in [0.29, 0.717) is 17.7 Å². The molecule has 0 amide bonds. The molecule has 1 aromatic rings. The monoisotopic (exact) mass is 278 g/mol. The zero-order valence-electron chi connectivity index (χ0n) is 12.3. The second kappa shape index (κ2) is 6.11. The number of nitrogens with one attached hydrogen (secondary N) is 1. The molecule has 1 aromatic carbocycles. The van der Waals surface area contributed by atoms with Gasteiger partial charge in [-0.1, -0.05) is 13.3 Å². The predicted molar refractivity (Wildman–Crippen MR) is 79.3 cm³/mol. The molecule has 1 aliphatic carbocycles. The lowest BCUT2D eigenvalue weighted by atomic mass is 10.1. The molecule has 0 heterocycles. The third kappa shape index (κ3) is 3.62. The van der Waals surface area contributed by atoms with E-state index in [-0.39, 0.29) is 16.7 Å². The van der Waals surface area contributed by atoms with Crippen molar-refractivity contribution < 1.29 is 9.66 Å². The van der Waals surface area contributed by atoms with E-state index in [9.17, 15) is 10.1 Å². The van der Waals surface area contributed by atoms with E-state index in [1.807, 2.05) is 19.9 Å². The van der Waals surface area contributed by atoms with E-state index in [2.05, 4.69) is 12.2 Å². The van der Waals surface area contributed by atoms with Gasteiger partial charge < -0.3 is 10.1 Å². The number of hydrogen-bond acceptors (Lipinski definition) is 4. The standard InChI is InChI=1S/C15H22N2O3/c1-10(2)20-14-8-12(7-13(9-14)17(18)19)16-15-6-4-5-11(15)3/h7-11,15-16H,4-6H2,1-3H3. The van der Waals surface area contributed by atoms with E-state index in [0.717, 1.165) is 12.1 Å². The predicted octanol–water partition coefficient (Wildman–Crippen LogP) is 3.98. The second-order valence-corrected chi connectivity index (χ2v) is 5.80. The number of nitro groups is 1. The summed E-state index contributed by atoms with van der Waals surface area (Å²) in [6, 6.07) is 5.29. The highest BCUT2D eigenvalue weighted by atomic mass is 16.6. The Labute approximate surface area is 119 Å². The summed E-state index contributed by atoms with van der Waals surface area (Å²) in [5.74, 6) is 1.14. The molecular formula is C15H22N2O3.